The average molecular weight is 439 g/mol. The van der Waals surface area contributed by atoms with Crippen LogP contribution in [0.15, 0.2) is 0 Å². The fourth-order valence-electron chi connectivity index (χ4n) is 4.30. The van der Waals surface area contributed by atoms with E-state index in [4.69, 9.17) is 9.47 Å². The number of likely N-dealkylation sites (tertiary alicyclic amines) is 1. The number of nitrogens with one attached hydrogen (secondary N) is 2. The first-order valence-corrected chi connectivity index (χ1v) is 11.6. The number of hydrogen-bond acceptors (Lipinski definition) is 6. The van der Waals surface area contributed by atoms with Crippen molar-refractivity contribution in [3.8, 4) is 0 Å². The molecule has 0 spiro atoms. The van der Waals surface area contributed by atoms with Gasteiger partial charge >= 0.3 is 6.03 Å². The lowest BCUT2D eigenvalue weighted by molar-refractivity contribution is -0.128. The standard InChI is InChI=1S/C22H38N4O5/c1-4-22(2,3)13-16(23-21(29)26-9-11-30-12-10-26)20(28)24-19-17(27)15-31-18(19)14-25-7-5-6-8-25/h16,18-19H,4-15H2,1-3H3,(H,23,29)(H,24,28)/t16-,18?,19?/m0/s1. The van der Waals surface area contributed by atoms with Crippen molar-refractivity contribution < 1.29 is 23.9 Å². The molecule has 9 nitrogen and oxygen atoms in total. The van der Waals surface area contributed by atoms with Crippen molar-refractivity contribution in [2.75, 3.05) is 52.5 Å². The molecule has 0 aromatic rings. The zero-order valence-electron chi connectivity index (χ0n) is 19.2. The molecule has 2 unspecified atom stereocenters. The molecule has 2 N–H and O–H groups in total. The van der Waals surface area contributed by atoms with Crippen LogP contribution in [0.2, 0.25) is 0 Å². The maximum absolute atomic E-state index is 13.2. The second-order valence-electron chi connectivity index (χ2n) is 9.63. The summed E-state index contributed by atoms with van der Waals surface area (Å²) in [5, 5.41) is 5.82. The van der Waals surface area contributed by atoms with E-state index in [2.05, 4.69) is 36.3 Å². The molecular formula is C22H38N4O5. The molecule has 0 saturated carbocycles. The molecule has 0 bridgehead atoms. The summed E-state index contributed by atoms with van der Waals surface area (Å²) in [6, 6.07) is -1.65. The van der Waals surface area contributed by atoms with Crippen LogP contribution < -0.4 is 10.6 Å². The van der Waals surface area contributed by atoms with Crippen LogP contribution in [0.3, 0.4) is 0 Å². The summed E-state index contributed by atoms with van der Waals surface area (Å²) in [7, 11) is 0. The van der Waals surface area contributed by atoms with Gasteiger partial charge in [-0.05, 0) is 37.8 Å². The number of rotatable bonds is 8. The van der Waals surface area contributed by atoms with E-state index in [-0.39, 0.29) is 35.8 Å². The fourth-order valence-corrected chi connectivity index (χ4v) is 4.30. The second kappa shape index (κ2) is 10.7. The number of carbonyl (C=O) groups is 3. The van der Waals surface area contributed by atoms with Crippen molar-refractivity contribution in [2.45, 2.75) is 64.6 Å². The van der Waals surface area contributed by atoms with E-state index in [9.17, 15) is 14.4 Å². The van der Waals surface area contributed by atoms with Gasteiger partial charge in [0.15, 0.2) is 5.78 Å². The first-order valence-electron chi connectivity index (χ1n) is 11.6. The van der Waals surface area contributed by atoms with Crippen LogP contribution in [-0.4, -0.2) is 98.3 Å². The van der Waals surface area contributed by atoms with E-state index in [1.807, 2.05) is 0 Å². The minimum absolute atomic E-state index is 0.0225. The lowest BCUT2D eigenvalue weighted by Crippen LogP contribution is -2.58. The Labute approximate surface area is 185 Å². The molecule has 3 amide bonds. The zero-order chi connectivity index (χ0) is 22.4. The fraction of sp³-hybridized carbons (Fsp3) is 0.864. The van der Waals surface area contributed by atoms with Crippen molar-refractivity contribution in [1.82, 2.24) is 20.4 Å². The zero-order valence-corrected chi connectivity index (χ0v) is 19.2. The number of ketones is 1. The van der Waals surface area contributed by atoms with Gasteiger partial charge < -0.3 is 29.9 Å². The van der Waals surface area contributed by atoms with Crippen LogP contribution in [0.4, 0.5) is 4.79 Å². The number of urea groups is 1. The summed E-state index contributed by atoms with van der Waals surface area (Å²) < 4.78 is 11.0. The predicted octanol–water partition coefficient (Wildman–Crippen LogP) is 0.772. The Morgan fingerprint density at radius 3 is 2.48 bits per heavy atom. The summed E-state index contributed by atoms with van der Waals surface area (Å²) in [5.41, 5.74) is -0.133. The third-order valence-electron chi connectivity index (χ3n) is 6.72. The molecule has 3 rings (SSSR count). The van der Waals surface area contributed by atoms with Gasteiger partial charge in [-0.15, -0.1) is 0 Å². The maximum Gasteiger partial charge on any atom is 0.318 e. The van der Waals surface area contributed by atoms with E-state index in [0.29, 0.717) is 39.3 Å². The van der Waals surface area contributed by atoms with Crippen molar-refractivity contribution >= 4 is 17.7 Å². The summed E-state index contributed by atoms with van der Waals surface area (Å²) in [5.74, 6) is -0.427. The van der Waals surface area contributed by atoms with E-state index in [0.717, 1.165) is 32.4 Å². The number of carbonyl (C=O) groups excluding carboxylic acids is 3. The highest BCUT2D eigenvalue weighted by atomic mass is 16.5. The summed E-state index contributed by atoms with van der Waals surface area (Å²) in [6.45, 7) is 10.9. The van der Waals surface area contributed by atoms with Crippen LogP contribution in [0.25, 0.3) is 0 Å². The quantitative estimate of drug-likeness (QED) is 0.581. The third-order valence-corrected chi connectivity index (χ3v) is 6.72. The molecule has 0 aromatic carbocycles. The first-order chi connectivity index (χ1) is 14.8. The SMILES string of the molecule is CCC(C)(C)C[C@H](NC(=O)N1CCOCC1)C(=O)NC1C(=O)COC1CN1CCCC1. The van der Waals surface area contributed by atoms with E-state index in [1.165, 1.54) is 0 Å². The highest BCUT2D eigenvalue weighted by Crippen LogP contribution is 2.27. The van der Waals surface area contributed by atoms with Crippen molar-refractivity contribution in [1.29, 1.82) is 0 Å². The van der Waals surface area contributed by atoms with Gasteiger partial charge in [0.2, 0.25) is 5.91 Å². The second-order valence-corrected chi connectivity index (χ2v) is 9.63. The molecular weight excluding hydrogens is 400 g/mol. The van der Waals surface area contributed by atoms with Crippen LogP contribution >= 0.6 is 0 Å². The maximum atomic E-state index is 13.2. The van der Waals surface area contributed by atoms with Crippen molar-refractivity contribution in [3.63, 3.8) is 0 Å². The summed E-state index contributed by atoms with van der Waals surface area (Å²) >= 11 is 0. The highest BCUT2D eigenvalue weighted by Gasteiger charge is 2.40. The molecule has 3 heterocycles. The Morgan fingerprint density at radius 2 is 1.84 bits per heavy atom. The number of Topliss-reactive ketones (excluding diaryl/α,β-unsaturated/α-hetero) is 1. The lowest BCUT2D eigenvalue weighted by atomic mass is 9.83. The van der Waals surface area contributed by atoms with Crippen molar-refractivity contribution in [3.05, 3.63) is 0 Å². The van der Waals surface area contributed by atoms with Gasteiger partial charge in [0.25, 0.3) is 0 Å². The molecule has 3 fully saturated rings. The number of nitrogens with zero attached hydrogens (tertiary/aromatic N) is 2. The summed E-state index contributed by atoms with van der Waals surface area (Å²) in [4.78, 5) is 42.4. The number of ether oxygens (including phenoxy) is 2. The lowest BCUT2D eigenvalue weighted by Gasteiger charge is -2.33. The average Bonchev–Trinajstić information content (AvgIpc) is 3.39. The Hall–Kier alpha value is -1.71. The van der Waals surface area contributed by atoms with Gasteiger partial charge in [-0.25, -0.2) is 4.79 Å². The molecule has 3 aliphatic rings. The van der Waals surface area contributed by atoms with Gasteiger partial charge in [0.05, 0.1) is 19.3 Å². The van der Waals surface area contributed by atoms with E-state index >= 15 is 0 Å². The van der Waals surface area contributed by atoms with Crippen LogP contribution in [0.1, 0.15) is 46.5 Å². The van der Waals surface area contributed by atoms with Gasteiger partial charge in [-0.2, -0.15) is 0 Å². The highest BCUT2D eigenvalue weighted by molar-refractivity contribution is 5.94. The van der Waals surface area contributed by atoms with E-state index in [1.54, 1.807) is 4.90 Å². The van der Waals surface area contributed by atoms with Crippen LogP contribution in [0, 0.1) is 5.41 Å². The van der Waals surface area contributed by atoms with E-state index < -0.39 is 12.1 Å². The molecule has 9 heteroatoms. The number of hydrogen-bond donors (Lipinski definition) is 2. The summed E-state index contributed by atoms with van der Waals surface area (Å²) in [6.07, 6.45) is 3.32. The smallest absolute Gasteiger partial charge is 0.318 e. The molecule has 31 heavy (non-hydrogen) atoms. The molecule has 3 saturated heterocycles. The minimum Gasteiger partial charge on any atom is -0.378 e. The largest absolute Gasteiger partial charge is 0.378 e. The number of amides is 3. The van der Waals surface area contributed by atoms with Crippen LogP contribution in [-0.2, 0) is 19.1 Å². The Balaban J connectivity index is 1.65. The normalized spacial score (nSPS) is 26.2. The Kier molecular flexibility index (Phi) is 8.30. The third kappa shape index (κ3) is 6.63. The Bertz CT molecular complexity index is 644. The molecule has 3 aliphatic heterocycles. The first kappa shape index (κ1) is 23.9. The topological polar surface area (TPSA) is 100 Å². The monoisotopic (exact) mass is 438 g/mol. The predicted molar refractivity (Wildman–Crippen MR) is 116 cm³/mol. The van der Waals surface area contributed by atoms with Crippen LogP contribution in [0.5, 0.6) is 0 Å². The molecule has 176 valence electrons. The van der Waals surface area contributed by atoms with Crippen molar-refractivity contribution in [2.24, 2.45) is 5.41 Å². The molecule has 3 atom stereocenters. The van der Waals surface area contributed by atoms with Gasteiger partial charge in [0.1, 0.15) is 18.7 Å². The minimum atomic E-state index is -0.717. The van der Waals surface area contributed by atoms with Gasteiger partial charge in [-0.3, -0.25) is 9.59 Å². The number of morpholine rings is 1. The van der Waals surface area contributed by atoms with Gasteiger partial charge in [-0.1, -0.05) is 27.2 Å². The Morgan fingerprint density at radius 1 is 1.16 bits per heavy atom. The van der Waals surface area contributed by atoms with Gasteiger partial charge in [0, 0.05) is 19.6 Å². The molecule has 0 radical (unpaired) electrons. The molecule has 0 aliphatic carbocycles. The molecule has 0 aromatic heterocycles.